The zero-order chi connectivity index (χ0) is 10.4. The van der Waals surface area contributed by atoms with E-state index >= 15 is 0 Å². The minimum Gasteiger partial charge on any atom is -0.384 e. The van der Waals surface area contributed by atoms with Crippen molar-refractivity contribution in [2.24, 2.45) is 5.92 Å². The molecule has 1 atom stereocenters. The van der Waals surface area contributed by atoms with Crippen molar-refractivity contribution in [1.29, 1.82) is 0 Å². The fourth-order valence-corrected chi connectivity index (χ4v) is 1.52. The molecule has 1 aromatic rings. The average Bonchev–Trinajstić information content (AvgIpc) is 2.54. The van der Waals surface area contributed by atoms with Crippen LogP contribution in [0, 0.1) is 5.92 Å². The minimum absolute atomic E-state index is 0.500. The van der Waals surface area contributed by atoms with Crippen LogP contribution in [0.4, 0.5) is 0 Å². The predicted octanol–water partition coefficient (Wildman–Crippen LogP) is 1.51. The first-order valence-corrected chi connectivity index (χ1v) is 5.13. The molecule has 0 bridgehead atoms. The summed E-state index contributed by atoms with van der Waals surface area (Å²) < 4.78 is 7.21. The van der Waals surface area contributed by atoms with Crippen molar-refractivity contribution in [2.75, 3.05) is 13.7 Å². The summed E-state index contributed by atoms with van der Waals surface area (Å²) >= 11 is 0. The molecular formula is C10H19N3O. The van der Waals surface area contributed by atoms with E-state index in [1.165, 1.54) is 0 Å². The third-order valence-corrected chi connectivity index (χ3v) is 2.14. The number of rotatable bonds is 6. The van der Waals surface area contributed by atoms with Gasteiger partial charge in [-0.05, 0) is 12.3 Å². The highest BCUT2D eigenvalue weighted by Gasteiger charge is 2.08. The number of aromatic nitrogens is 3. The van der Waals surface area contributed by atoms with E-state index in [-0.39, 0.29) is 0 Å². The average molecular weight is 197 g/mol. The lowest BCUT2D eigenvalue weighted by atomic mass is 10.1. The summed E-state index contributed by atoms with van der Waals surface area (Å²) in [4.78, 5) is 0. The van der Waals surface area contributed by atoms with Crippen LogP contribution < -0.4 is 0 Å². The molecule has 0 radical (unpaired) electrons. The molecule has 4 nitrogen and oxygen atoms in total. The fraction of sp³-hybridized carbons (Fsp3) is 0.800. The molecule has 1 heterocycles. The topological polar surface area (TPSA) is 39.9 Å². The number of nitrogens with zero attached hydrogens (tertiary/aromatic N) is 3. The highest BCUT2D eigenvalue weighted by molar-refractivity contribution is 4.87. The lowest BCUT2D eigenvalue weighted by Crippen LogP contribution is -2.12. The second-order valence-corrected chi connectivity index (χ2v) is 3.71. The first kappa shape index (κ1) is 11.2. The maximum Gasteiger partial charge on any atom is 0.133 e. The highest BCUT2D eigenvalue weighted by atomic mass is 16.5. The molecule has 0 amide bonds. The number of ether oxygens (including phenoxy) is 1. The molecule has 80 valence electrons. The molecule has 0 aliphatic carbocycles. The van der Waals surface area contributed by atoms with Gasteiger partial charge in [0.15, 0.2) is 0 Å². The first-order valence-electron chi connectivity index (χ1n) is 5.13. The van der Waals surface area contributed by atoms with Gasteiger partial charge >= 0.3 is 0 Å². The predicted molar refractivity (Wildman–Crippen MR) is 55.1 cm³/mol. The molecule has 0 N–H and O–H groups in total. The number of aryl methyl sites for hydroxylation is 1. The lowest BCUT2D eigenvalue weighted by molar-refractivity contribution is 0.158. The molecule has 0 aliphatic heterocycles. The van der Waals surface area contributed by atoms with Crippen LogP contribution in [-0.2, 0) is 17.7 Å². The van der Waals surface area contributed by atoms with Gasteiger partial charge in [0.05, 0.1) is 0 Å². The van der Waals surface area contributed by atoms with Crippen molar-refractivity contribution in [3.05, 3.63) is 12.2 Å². The van der Waals surface area contributed by atoms with Crippen LogP contribution in [0.1, 0.15) is 26.1 Å². The van der Waals surface area contributed by atoms with E-state index in [1.54, 1.807) is 13.4 Å². The Balaban J connectivity index is 2.52. The quantitative estimate of drug-likeness (QED) is 0.694. The van der Waals surface area contributed by atoms with Gasteiger partial charge in [-0.3, -0.25) is 0 Å². The summed E-state index contributed by atoms with van der Waals surface area (Å²) in [5.41, 5.74) is 0. The smallest absolute Gasteiger partial charge is 0.133 e. The van der Waals surface area contributed by atoms with Crippen LogP contribution in [0.5, 0.6) is 0 Å². The van der Waals surface area contributed by atoms with Crippen LogP contribution in [0.3, 0.4) is 0 Å². The summed E-state index contributed by atoms with van der Waals surface area (Å²) in [5.74, 6) is 1.57. The Labute approximate surface area is 85.3 Å². The van der Waals surface area contributed by atoms with Crippen LogP contribution in [0.25, 0.3) is 0 Å². The number of hydrogen-bond acceptors (Lipinski definition) is 3. The van der Waals surface area contributed by atoms with E-state index in [0.29, 0.717) is 5.92 Å². The summed E-state index contributed by atoms with van der Waals surface area (Å²) in [6.07, 6.45) is 3.86. The summed E-state index contributed by atoms with van der Waals surface area (Å²) in [5, 5.41) is 8.04. The van der Waals surface area contributed by atoms with E-state index in [2.05, 4.69) is 28.6 Å². The standard InChI is InChI=1S/C10H19N3O/c1-4-5-13-8-11-12-10(13)6-9(2)7-14-3/h8-9H,4-7H2,1-3H3. The zero-order valence-electron chi connectivity index (χ0n) is 9.23. The normalized spacial score (nSPS) is 13.1. The van der Waals surface area contributed by atoms with E-state index in [1.807, 2.05) is 0 Å². The molecule has 1 unspecified atom stereocenters. The van der Waals surface area contributed by atoms with Gasteiger partial charge in [0, 0.05) is 26.7 Å². The van der Waals surface area contributed by atoms with Crippen LogP contribution in [0.15, 0.2) is 6.33 Å². The van der Waals surface area contributed by atoms with E-state index in [0.717, 1.165) is 31.8 Å². The second-order valence-electron chi connectivity index (χ2n) is 3.71. The van der Waals surface area contributed by atoms with Crippen molar-refractivity contribution in [2.45, 2.75) is 33.2 Å². The van der Waals surface area contributed by atoms with Gasteiger partial charge < -0.3 is 9.30 Å². The monoisotopic (exact) mass is 197 g/mol. The molecular weight excluding hydrogens is 178 g/mol. The molecule has 0 saturated carbocycles. The van der Waals surface area contributed by atoms with Gasteiger partial charge in [-0.1, -0.05) is 13.8 Å². The van der Waals surface area contributed by atoms with Gasteiger partial charge in [0.2, 0.25) is 0 Å². The van der Waals surface area contributed by atoms with Crippen molar-refractivity contribution in [1.82, 2.24) is 14.8 Å². The zero-order valence-corrected chi connectivity index (χ0v) is 9.23. The van der Waals surface area contributed by atoms with Crippen LogP contribution in [0.2, 0.25) is 0 Å². The molecule has 0 aliphatic rings. The molecule has 0 aromatic carbocycles. The van der Waals surface area contributed by atoms with Gasteiger partial charge in [-0.25, -0.2) is 0 Å². The largest absolute Gasteiger partial charge is 0.384 e. The van der Waals surface area contributed by atoms with Crippen molar-refractivity contribution in [3.8, 4) is 0 Å². The number of hydrogen-bond donors (Lipinski definition) is 0. The number of methoxy groups -OCH3 is 1. The van der Waals surface area contributed by atoms with E-state index in [9.17, 15) is 0 Å². The van der Waals surface area contributed by atoms with Crippen molar-refractivity contribution < 1.29 is 4.74 Å². The first-order chi connectivity index (χ1) is 6.77. The summed E-state index contributed by atoms with van der Waals surface area (Å²) in [7, 11) is 1.73. The molecule has 0 saturated heterocycles. The third-order valence-electron chi connectivity index (χ3n) is 2.14. The maximum atomic E-state index is 5.09. The van der Waals surface area contributed by atoms with E-state index < -0.39 is 0 Å². The molecule has 4 heteroatoms. The van der Waals surface area contributed by atoms with Crippen molar-refractivity contribution >= 4 is 0 Å². The Hall–Kier alpha value is -0.900. The van der Waals surface area contributed by atoms with Gasteiger partial charge in [0.25, 0.3) is 0 Å². The molecule has 1 aromatic heterocycles. The third kappa shape index (κ3) is 3.10. The SMILES string of the molecule is CCCn1cnnc1CC(C)COC. The molecule has 0 fully saturated rings. The van der Waals surface area contributed by atoms with Gasteiger partial charge in [-0.15, -0.1) is 10.2 Å². The fourth-order valence-electron chi connectivity index (χ4n) is 1.52. The second kappa shape index (κ2) is 5.75. The molecule has 14 heavy (non-hydrogen) atoms. The Morgan fingerprint density at radius 2 is 2.36 bits per heavy atom. The summed E-state index contributed by atoms with van der Waals surface area (Å²) in [6.45, 7) is 6.10. The van der Waals surface area contributed by atoms with Crippen LogP contribution in [-0.4, -0.2) is 28.5 Å². The Morgan fingerprint density at radius 3 is 3.00 bits per heavy atom. The molecule has 0 spiro atoms. The Bertz CT molecular complexity index is 260. The maximum absolute atomic E-state index is 5.09. The molecule has 1 rings (SSSR count). The summed E-state index contributed by atoms with van der Waals surface area (Å²) in [6, 6.07) is 0. The van der Waals surface area contributed by atoms with E-state index in [4.69, 9.17) is 4.74 Å². The van der Waals surface area contributed by atoms with Crippen LogP contribution >= 0.6 is 0 Å². The Kier molecular flexibility index (Phi) is 4.59. The van der Waals surface area contributed by atoms with Crippen molar-refractivity contribution in [3.63, 3.8) is 0 Å². The van der Waals surface area contributed by atoms with Gasteiger partial charge in [-0.2, -0.15) is 0 Å². The minimum atomic E-state index is 0.500. The highest BCUT2D eigenvalue weighted by Crippen LogP contribution is 2.06. The van der Waals surface area contributed by atoms with Gasteiger partial charge in [0.1, 0.15) is 12.2 Å². The lowest BCUT2D eigenvalue weighted by Gasteiger charge is -2.10. The Morgan fingerprint density at radius 1 is 1.57 bits per heavy atom.